The van der Waals surface area contributed by atoms with Crippen molar-refractivity contribution in [2.75, 3.05) is 0 Å². The van der Waals surface area contributed by atoms with Crippen LogP contribution in [-0.4, -0.2) is 11.7 Å². The minimum absolute atomic E-state index is 0.409. The Morgan fingerprint density at radius 3 is 1.95 bits per heavy atom. The monoisotopic (exact) mass is 729 g/mol. The highest BCUT2D eigenvalue weighted by atomic mass is 16.3. The van der Waals surface area contributed by atoms with Crippen LogP contribution in [0.15, 0.2) is 215 Å². The molecular formula is C53H35N3O. The Kier molecular flexibility index (Phi) is 7.85. The lowest BCUT2D eigenvalue weighted by atomic mass is 9.89. The van der Waals surface area contributed by atoms with Gasteiger partial charge in [0, 0.05) is 27.5 Å². The number of fused-ring (bicyclic) bond motifs is 5. The molecule has 11 rings (SSSR count). The third-order valence-electron chi connectivity index (χ3n) is 11.1. The van der Waals surface area contributed by atoms with Crippen molar-refractivity contribution in [1.29, 1.82) is 0 Å². The molecule has 0 amide bonds. The zero-order valence-electron chi connectivity index (χ0n) is 30.9. The molecular weight excluding hydrogens is 695 g/mol. The van der Waals surface area contributed by atoms with Gasteiger partial charge in [-0.15, -0.1) is 0 Å². The van der Waals surface area contributed by atoms with Gasteiger partial charge in [0.1, 0.15) is 23.2 Å². The van der Waals surface area contributed by atoms with Crippen molar-refractivity contribution in [3.8, 4) is 33.4 Å². The molecule has 9 aromatic carbocycles. The number of para-hydroxylation sites is 1. The van der Waals surface area contributed by atoms with Crippen LogP contribution in [0.4, 0.5) is 0 Å². The summed E-state index contributed by atoms with van der Waals surface area (Å²) < 4.78 is 6.75. The van der Waals surface area contributed by atoms with Gasteiger partial charge in [-0.05, 0) is 73.1 Å². The van der Waals surface area contributed by atoms with E-state index in [0.29, 0.717) is 5.84 Å². The van der Waals surface area contributed by atoms with Gasteiger partial charge in [-0.1, -0.05) is 182 Å². The van der Waals surface area contributed by atoms with Crippen molar-refractivity contribution in [3.63, 3.8) is 0 Å². The minimum atomic E-state index is -0.409. The van der Waals surface area contributed by atoms with Crippen molar-refractivity contribution < 1.29 is 4.42 Å². The maximum Gasteiger partial charge on any atom is 0.159 e. The Hall–Kier alpha value is -7.56. The molecule has 0 bridgehead atoms. The van der Waals surface area contributed by atoms with Gasteiger partial charge in [0.05, 0.1) is 0 Å². The zero-order chi connectivity index (χ0) is 37.7. The lowest BCUT2D eigenvalue weighted by molar-refractivity contribution is 0.668. The summed E-state index contributed by atoms with van der Waals surface area (Å²) in [6.07, 6.45) is -0.409. The van der Waals surface area contributed by atoms with E-state index in [1.54, 1.807) is 0 Å². The summed E-state index contributed by atoms with van der Waals surface area (Å²) in [5.41, 5.74) is 11.5. The van der Waals surface area contributed by atoms with E-state index in [4.69, 9.17) is 14.4 Å². The molecule has 1 atom stereocenters. The van der Waals surface area contributed by atoms with Crippen LogP contribution in [0.1, 0.15) is 22.9 Å². The fraction of sp³-hybridized carbons (Fsp3) is 0.0189. The lowest BCUT2D eigenvalue weighted by Crippen LogP contribution is -2.33. The second kappa shape index (κ2) is 13.6. The van der Waals surface area contributed by atoms with Gasteiger partial charge in [0.25, 0.3) is 0 Å². The van der Waals surface area contributed by atoms with Gasteiger partial charge >= 0.3 is 0 Å². The molecule has 0 saturated carbocycles. The zero-order valence-corrected chi connectivity index (χ0v) is 30.9. The van der Waals surface area contributed by atoms with Crippen LogP contribution in [0.3, 0.4) is 0 Å². The summed E-state index contributed by atoms with van der Waals surface area (Å²) in [7, 11) is 0. The Bertz CT molecular complexity index is 3210. The largest absolute Gasteiger partial charge is 0.455 e. The van der Waals surface area contributed by atoms with Gasteiger partial charge in [0.2, 0.25) is 0 Å². The van der Waals surface area contributed by atoms with Crippen LogP contribution in [0.2, 0.25) is 0 Å². The van der Waals surface area contributed by atoms with Gasteiger partial charge in [0.15, 0.2) is 5.84 Å². The van der Waals surface area contributed by atoms with Crippen LogP contribution < -0.4 is 5.32 Å². The van der Waals surface area contributed by atoms with Crippen LogP contribution >= 0.6 is 0 Å². The van der Waals surface area contributed by atoms with Crippen LogP contribution in [-0.2, 0) is 0 Å². The van der Waals surface area contributed by atoms with Gasteiger partial charge in [-0.25, -0.2) is 9.98 Å². The second-order valence-corrected chi connectivity index (χ2v) is 14.5. The van der Waals surface area contributed by atoms with Crippen LogP contribution in [0.5, 0.6) is 0 Å². The lowest BCUT2D eigenvalue weighted by Gasteiger charge is -2.25. The van der Waals surface area contributed by atoms with E-state index < -0.39 is 6.17 Å². The number of rotatable bonds is 6. The predicted octanol–water partition coefficient (Wildman–Crippen LogP) is 13.4. The number of aliphatic imine (C=N–C) groups is 2. The van der Waals surface area contributed by atoms with Crippen molar-refractivity contribution >= 4 is 55.2 Å². The van der Waals surface area contributed by atoms with E-state index >= 15 is 0 Å². The fourth-order valence-corrected chi connectivity index (χ4v) is 8.39. The molecule has 0 spiro atoms. The first-order valence-electron chi connectivity index (χ1n) is 19.3. The van der Waals surface area contributed by atoms with E-state index in [2.05, 4.69) is 187 Å². The molecule has 0 aliphatic carbocycles. The minimum Gasteiger partial charge on any atom is -0.455 e. The molecule has 2 heterocycles. The maximum absolute atomic E-state index is 6.75. The number of hydrogen-bond donors (Lipinski definition) is 1. The van der Waals surface area contributed by atoms with Crippen molar-refractivity contribution in [2.24, 2.45) is 9.98 Å². The standard InChI is InChI=1S/C53H35N3O/c1-3-15-35(16-4-1)42-31-30-40(33-47(42)44-24-11-21-36-17-9-10-22-41(36)44)52-54-51(37-18-5-2-6-19-37)55-53(56-52)46-26-13-27-48-49(46)45-25-12-23-43(50(45)57-48)39-29-28-34-14-7-8-20-38(34)32-39/h1-33,52H,(H,54,55,56). The molecule has 1 N–H and O–H groups in total. The first-order valence-corrected chi connectivity index (χ1v) is 19.3. The summed E-state index contributed by atoms with van der Waals surface area (Å²) in [4.78, 5) is 10.6. The third-order valence-corrected chi connectivity index (χ3v) is 11.1. The quantitative estimate of drug-likeness (QED) is 0.185. The molecule has 268 valence electrons. The smallest absolute Gasteiger partial charge is 0.159 e. The van der Waals surface area contributed by atoms with Crippen LogP contribution in [0, 0.1) is 0 Å². The number of furan rings is 1. The highest BCUT2D eigenvalue weighted by Gasteiger charge is 2.25. The van der Waals surface area contributed by atoms with Crippen molar-refractivity contribution in [2.45, 2.75) is 6.17 Å². The highest BCUT2D eigenvalue weighted by molar-refractivity contribution is 6.23. The molecule has 0 radical (unpaired) electrons. The Morgan fingerprint density at radius 1 is 0.421 bits per heavy atom. The molecule has 1 aromatic heterocycles. The molecule has 0 saturated heterocycles. The van der Waals surface area contributed by atoms with E-state index in [-0.39, 0.29) is 0 Å². The van der Waals surface area contributed by atoms with E-state index in [1.807, 2.05) is 18.2 Å². The Morgan fingerprint density at radius 2 is 1.09 bits per heavy atom. The van der Waals surface area contributed by atoms with E-state index in [1.165, 1.54) is 38.2 Å². The molecule has 10 aromatic rings. The normalized spacial score (nSPS) is 14.1. The summed E-state index contributed by atoms with van der Waals surface area (Å²) in [6.45, 7) is 0. The van der Waals surface area contributed by atoms with E-state index in [0.717, 1.165) is 61.2 Å². The summed E-state index contributed by atoms with van der Waals surface area (Å²) in [5, 5.41) is 10.7. The number of nitrogens with one attached hydrogen (secondary N) is 1. The summed E-state index contributed by atoms with van der Waals surface area (Å²) in [5.74, 6) is 1.42. The van der Waals surface area contributed by atoms with Crippen molar-refractivity contribution in [1.82, 2.24) is 5.32 Å². The maximum atomic E-state index is 6.75. The molecule has 57 heavy (non-hydrogen) atoms. The summed E-state index contributed by atoms with van der Waals surface area (Å²) in [6, 6.07) is 70.5. The third kappa shape index (κ3) is 5.78. The van der Waals surface area contributed by atoms with Gasteiger partial charge in [-0.2, -0.15) is 0 Å². The number of nitrogens with zero attached hydrogens (tertiary/aromatic N) is 2. The molecule has 1 aliphatic heterocycles. The van der Waals surface area contributed by atoms with Crippen molar-refractivity contribution in [3.05, 3.63) is 217 Å². The van der Waals surface area contributed by atoms with Crippen LogP contribution in [0.25, 0.3) is 76.9 Å². The molecule has 4 heteroatoms. The first-order chi connectivity index (χ1) is 28.2. The Balaban J connectivity index is 1.07. The SMILES string of the molecule is c1ccc(C2=NC(c3ccc(-c4ccccc4)c(-c4cccc5ccccc45)c3)NC(c3cccc4oc5c(-c6ccc7ccccc7c6)cccc5c34)=N2)cc1. The Labute approximate surface area is 330 Å². The number of hydrogen-bond acceptors (Lipinski definition) is 4. The predicted molar refractivity (Wildman–Crippen MR) is 237 cm³/mol. The number of amidine groups is 2. The molecule has 1 unspecified atom stereocenters. The number of benzene rings is 9. The topological polar surface area (TPSA) is 49.9 Å². The first kappa shape index (κ1) is 32.8. The fourth-order valence-electron chi connectivity index (χ4n) is 8.39. The molecule has 4 nitrogen and oxygen atoms in total. The summed E-state index contributed by atoms with van der Waals surface area (Å²) >= 11 is 0. The molecule has 1 aliphatic rings. The van der Waals surface area contributed by atoms with E-state index in [9.17, 15) is 0 Å². The second-order valence-electron chi connectivity index (χ2n) is 14.5. The van der Waals surface area contributed by atoms with Gasteiger partial charge in [-0.3, -0.25) is 0 Å². The highest BCUT2D eigenvalue weighted by Crippen LogP contribution is 2.41. The average Bonchev–Trinajstić information content (AvgIpc) is 3.68. The average molecular weight is 730 g/mol. The molecule has 0 fully saturated rings. The van der Waals surface area contributed by atoms with Gasteiger partial charge < -0.3 is 9.73 Å².